The van der Waals surface area contributed by atoms with Crippen LogP contribution in [0.4, 0.5) is 14.3 Å². The van der Waals surface area contributed by atoms with E-state index in [1.54, 1.807) is 30.3 Å². The van der Waals surface area contributed by atoms with Gasteiger partial charge in [-0.2, -0.15) is 4.31 Å². The van der Waals surface area contributed by atoms with Gasteiger partial charge in [0.15, 0.2) is 11.4 Å². The first kappa shape index (κ1) is 33.3. The SMILES string of the molecule is C[C@@H]1CC1Nc1nc2ccc(S(=O)(=O)N(C[C@@H](O)[C@H](Cc3ccc(F)cc3)NC(=O)OC3C4COC5OCC3C5C4)CC3(C)CC3)cc2s1. The molecule has 49 heavy (non-hydrogen) atoms. The fourth-order valence-corrected chi connectivity index (χ4v) is 10.3. The smallest absolute Gasteiger partial charge is 0.407 e. The van der Waals surface area contributed by atoms with Gasteiger partial charge in [0.1, 0.15) is 11.9 Å². The third-order valence-electron chi connectivity index (χ3n) is 11.1. The van der Waals surface area contributed by atoms with Crippen LogP contribution in [0.1, 0.15) is 45.1 Å². The minimum atomic E-state index is -4.06. The van der Waals surface area contributed by atoms with E-state index in [0.717, 1.165) is 41.0 Å². The Kier molecular flexibility index (Phi) is 8.63. The number of thiazole rings is 1. The average Bonchev–Trinajstić information content (AvgIpc) is 3.78. The second-order valence-corrected chi connectivity index (χ2v) is 18.1. The van der Waals surface area contributed by atoms with Crippen molar-refractivity contribution in [3.8, 4) is 0 Å². The summed E-state index contributed by atoms with van der Waals surface area (Å²) in [6.07, 6.45) is 1.21. The van der Waals surface area contributed by atoms with E-state index in [9.17, 15) is 22.7 Å². The van der Waals surface area contributed by atoms with E-state index in [2.05, 4.69) is 22.5 Å². The molecule has 2 aromatic carbocycles. The summed E-state index contributed by atoms with van der Waals surface area (Å²) in [6.45, 7) is 5.10. The number of anilines is 1. The Morgan fingerprint density at radius 2 is 1.92 bits per heavy atom. The molecule has 8 rings (SSSR count). The zero-order valence-corrected chi connectivity index (χ0v) is 29.2. The molecule has 1 amide bonds. The molecule has 11 nitrogen and oxygen atoms in total. The molecule has 264 valence electrons. The van der Waals surface area contributed by atoms with Gasteiger partial charge in [-0.1, -0.05) is 37.3 Å². The summed E-state index contributed by atoms with van der Waals surface area (Å²) < 4.78 is 62.0. The number of carbonyl (C=O) groups excluding carboxylic acids is 1. The number of alkyl carbamates (subject to hydrolysis) is 1. The number of fused-ring (bicyclic) bond motifs is 2. The molecule has 14 heteroatoms. The molecule has 9 atom stereocenters. The number of rotatable bonds is 13. The number of benzene rings is 2. The van der Waals surface area contributed by atoms with Crippen LogP contribution in [-0.4, -0.2) is 85.8 Å². The van der Waals surface area contributed by atoms with Gasteiger partial charge in [0.25, 0.3) is 0 Å². The Balaban J connectivity index is 1.02. The van der Waals surface area contributed by atoms with Gasteiger partial charge in [0.05, 0.1) is 40.5 Å². The lowest BCUT2D eigenvalue weighted by atomic mass is 9.98. The van der Waals surface area contributed by atoms with Crippen molar-refractivity contribution in [1.29, 1.82) is 0 Å². The highest BCUT2D eigenvalue weighted by Gasteiger charge is 2.56. The number of halogens is 1. The number of hydrogen-bond acceptors (Lipinski definition) is 10. The number of aromatic nitrogens is 1. The van der Waals surface area contributed by atoms with E-state index in [1.165, 1.54) is 27.8 Å². The lowest BCUT2D eigenvalue weighted by molar-refractivity contribution is -0.169. The number of aliphatic hydroxyl groups excluding tert-OH is 1. The third kappa shape index (κ3) is 6.92. The molecule has 3 aliphatic carbocycles. The first-order valence-electron chi connectivity index (χ1n) is 17.2. The maximum Gasteiger partial charge on any atom is 0.407 e. The van der Waals surface area contributed by atoms with Crippen LogP contribution in [0.5, 0.6) is 0 Å². The van der Waals surface area contributed by atoms with Gasteiger partial charge in [-0.05, 0) is 79.3 Å². The van der Waals surface area contributed by atoms with E-state index in [1.807, 2.05) is 6.92 Å². The van der Waals surface area contributed by atoms with E-state index < -0.39 is 34.1 Å². The summed E-state index contributed by atoms with van der Waals surface area (Å²) in [5, 5.41) is 18.8. The molecular weight excluding hydrogens is 672 g/mol. The Morgan fingerprint density at radius 1 is 1.16 bits per heavy atom. The van der Waals surface area contributed by atoms with Crippen LogP contribution in [0.2, 0.25) is 0 Å². The zero-order valence-electron chi connectivity index (χ0n) is 27.6. The second kappa shape index (κ2) is 12.7. The highest BCUT2D eigenvalue weighted by Crippen LogP contribution is 2.49. The summed E-state index contributed by atoms with van der Waals surface area (Å²) in [5.74, 6) is 0.493. The van der Waals surface area contributed by atoms with Gasteiger partial charge < -0.3 is 30.0 Å². The van der Waals surface area contributed by atoms with E-state index >= 15 is 0 Å². The fourth-order valence-electron chi connectivity index (χ4n) is 7.65. The molecule has 0 spiro atoms. The van der Waals surface area contributed by atoms with Gasteiger partial charge in [-0.15, -0.1) is 0 Å². The minimum Gasteiger partial charge on any atom is -0.445 e. The molecule has 3 saturated carbocycles. The second-order valence-electron chi connectivity index (χ2n) is 15.1. The molecular formula is C35H43FN4O7S2. The van der Waals surface area contributed by atoms with Gasteiger partial charge in [0, 0.05) is 36.9 Å². The van der Waals surface area contributed by atoms with Crippen molar-refractivity contribution in [1.82, 2.24) is 14.6 Å². The molecule has 1 aromatic heterocycles. The number of aliphatic hydroxyl groups is 1. The van der Waals surface area contributed by atoms with Crippen molar-refractivity contribution in [2.75, 3.05) is 31.6 Å². The molecule has 3 aromatic rings. The monoisotopic (exact) mass is 714 g/mol. The summed E-state index contributed by atoms with van der Waals surface area (Å²) >= 11 is 1.43. The quantitative estimate of drug-likeness (QED) is 0.229. The van der Waals surface area contributed by atoms with Crippen molar-refractivity contribution in [2.24, 2.45) is 29.1 Å². The van der Waals surface area contributed by atoms with Crippen molar-refractivity contribution >= 4 is 42.8 Å². The standard InChI is InChI=1S/C35H43FN4O7S2/c1-19-11-27(19)38-33-37-26-8-7-23(14-30(26)48-33)49(43,44)40(18-35(2)9-10-35)15-29(41)28(12-20-3-5-22(36)6-4-20)39-34(42)47-31-21-13-24-25(31)17-46-32(24)45-16-21/h3-8,14,19,21,24-25,27-29,31-32,41H,9-13,15-18H2,1-2H3,(H,37,38)(H,39,42)/t19-,21?,24?,25?,27?,28+,29-,31?,32?/m1/s1. The van der Waals surface area contributed by atoms with Crippen LogP contribution in [0.3, 0.4) is 0 Å². The Morgan fingerprint density at radius 3 is 2.65 bits per heavy atom. The van der Waals surface area contributed by atoms with E-state index in [4.69, 9.17) is 14.2 Å². The van der Waals surface area contributed by atoms with Crippen molar-refractivity contribution in [3.63, 3.8) is 0 Å². The summed E-state index contributed by atoms with van der Waals surface area (Å²) in [5.41, 5.74) is 1.19. The Hall–Kier alpha value is -2.88. The zero-order chi connectivity index (χ0) is 34.1. The lowest BCUT2D eigenvalue weighted by Crippen LogP contribution is -2.52. The highest BCUT2D eigenvalue weighted by atomic mass is 32.2. The average molecular weight is 715 g/mol. The highest BCUT2D eigenvalue weighted by molar-refractivity contribution is 7.89. The number of nitrogens with one attached hydrogen (secondary N) is 2. The summed E-state index contributed by atoms with van der Waals surface area (Å²) in [7, 11) is -4.06. The topological polar surface area (TPSA) is 139 Å². The molecule has 3 N–H and O–H groups in total. The Bertz CT molecular complexity index is 1820. The van der Waals surface area contributed by atoms with Crippen molar-refractivity contribution in [2.45, 2.75) is 81.4 Å². The minimum absolute atomic E-state index is 0.0451. The number of sulfonamides is 1. The van der Waals surface area contributed by atoms with Crippen LogP contribution in [0, 0.1) is 34.9 Å². The molecule has 2 saturated heterocycles. The molecule has 6 unspecified atom stereocenters. The number of amides is 1. The van der Waals surface area contributed by atoms with Crippen LogP contribution >= 0.6 is 11.3 Å². The van der Waals surface area contributed by atoms with Crippen LogP contribution in [0.25, 0.3) is 10.2 Å². The first-order chi connectivity index (χ1) is 23.4. The Labute approximate surface area is 289 Å². The number of nitrogens with zero attached hydrogens (tertiary/aromatic N) is 2. The maximum absolute atomic E-state index is 14.3. The van der Waals surface area contributed by atoms with Gasteiger partial charge in [-0.25, -0.2) is 22.6 Å². The van der Waals surface area contributed by atoms with Gasteiger partial charge >= 0.3 is 6.09 Å². The lowest BCUT2D eigenvalue weighted by Gasteiger charge is -2.32. The van der Waals surface area contributed by atoms with Crippen molar-refractivity contribution in [3.05, 3.63) is 53.8 Å². The first-order valence-corrected chi connectivity index (χ1v) is 19.5. The molecule has 3 heterocycles. The van der Waals surface area contributed by atoms with Gasteiger partial charge in [-0.3, -0.25) is 0 Å². The van der Waals surface area contributed by atoms with Crippen molar-refractivity contribution < 1.29 is 36.9 Å². The fraction of sp³-hybridized carbons (Fsp3) is 0.600. The van der Waals surface area contributed by atoms with Crippen LogP contribution in [-0.2, 0) is 30.7 Å². The molecule has 5 aliphatic rings. The van der Waals surface area contributed by atoms with E-state index in [-0.39, 0.29) is 60.0 Å². The normalized spacial score (nSPS) is 30.7. The molecule has 2 aliphatic heterocycles. The van der Waals surface area contributed by atoms with E-state index in [0.29, 0.717) is 30.7 Å². The largest absolute Gasteiger partial charge is 0.445 e. The maximum atomic E-state index is 14.3. The van der Waals surface area contributed by atoms with Gasteiger partial charge in [0.2, 0.25) is 10.0 Å². The molecule has 0 radical (unpaired) electrons. The molecule has 2 bridgehead atoms. The number of hydrogen-bond donors (Lipinski definition) is 3. The number of ether oxygens (including phenoxy) is 3. The third-order valence-corrected chi connectivity index (χ3v) is 13.9. The van der Waals surface area contributed by atoms with Crippen LogP contribution in [0.15, 0.2) is 47.4 Å². The van der Waals surface area contributed by atoms with Crippen LogP contribution < -0.4 is 10.6 Å². The number of carbonyl (C=O) groups is 1. The predicted octanol–water partition coefficient (Wildman–Crippen LogP) is 4.75. The predicted molar refractivity (Wildman–Crippen MR) is 181 cm³/mol. The summed E-state index contributed by atoms with van der Waals surface area (Å²) in [6, 6.07) is 10.2. The summed E-state index contributed by atoms with van der Waals surface area (Å²) in [4.78, 5) is 18.2. The molecule has 5 fully saturated rings.